The number of hydrogen-bond donors (Lipinski definition) is 2. The number of nitrogens with one attached hydrogen (secondary N) is 1. The molecule has 2 aliphatic rings. The number of amides is 2. The molecule has 4 rings (SSSR count). The minimum Gasteiger partial charge on any atom is -0.506 e. The van der Waals surface area contributed by atoms with Gasteiger partial charge < -0.3 is 20.2 Å². The number of Topliss-reactive ketones (excluding diaryl/α,β-unsaturated/α-hetero) is 1. The number of anilines is 3. The lowest BCUT2D eigenvalue weighted by Gasteiger charge is -2.31. The summed E-state index contributed by atoms with van der Waals surface area (Å²) in [7, 11) is 0. The summed E-state index contributed by atoms with van der Waals surface area (Å²) in [5.41, 5.74) is 6.24. The third kappa shape index (κ3) is 13.4. The minimum atomic E-state index is -0.334. The Morgan fingerprint density at radius 2 is 1.24 bits per heavy atom. The first-order valence-corrected chi connectivity index (χ1v) is 24.4. The normalized spacial score (nSPS) is 16.6. The van der Waals surface area contributed by atoms with Crippen molar-refractivity contribution in [3.63, 3.8) is 0 Å². The lowest BCUT2D eigenvalue weighted by Crippen LogP contribution is -2.30. The molecule has 0 aromatic heterocycles. The average Bonchev–Trinajstić information content (AvgIpc) is 3.27. The molecule has 8 heteroatoms. The number of benzene rings is 2. The van der Waals surface area contributed by atoms with Crippen LogP contribution in [0.2, 0.25) is 0 Å². The zero-order valence-corrected chi connectivity index (χ0v) is 39.6. The maximum atomic E-state index is 14.6. The van der Waals surface area contributed by atoms with Crippen LogP contribution < -0.4 is 10.2 Å². The van der Waals surface area contributed by atoms with Gasteiger partial charge in [-0.1, -0.05) is 130 Å². The summed E-state index contributed by atoms with van der Waals surface area (Å²) in [6.07, 6.45) is 22.4. The van der Waals surface area contributed by atoms with E-state index in [1.165, 1.54) is 5.56 Å². The molecule has 8 nitrogen and oxygen atoms in total. The second kappa shape index (κ2) is 26.0. The van der Waals surface area contributed by atoms with Crippen LogP contribution in [0.15, 0.2) is 88.3 Å². The molecular weight excluding hydrogens is 769 g/mol. The van der Waals surface area contributed by atoms with Crippen molar-refractivity contribution in [1.82, 2.24) is 4.90 Å². The highest BCUT2D eigenvalue weighted by Crippen LogP contribution is 2.44. The van der Waals surface area contributed by atoms with E-state index in [1.54, 1.807) is 0 Å². The van der Waals surface area contributed by atoms with E-state index in [9.17, 15) is 19.5 Å². The first-order valence-electron chi connectivity index (χ1n) is 24.4. The van der Waals surface area contributed by atoms with Crippen molar-refractivity contribution in [2.75, 3.05) is 29.9 Å². The Labute approximate surface area is 374 Å². The molecule has 0 radical (unpaired) electrons. The predicted molar refractivity (Wildman–Crippen MR) is 261 cm³/mol. The summed E-state index contributed by atoms with van der Waals surface area (Å²) in [6.45, 7) is 19.6. The Morgan fingerprint density at radius 3 is 1.81 bits per heavy atom. The Hall–Kier alpha value is -4.72. The first kappa shape index (κ1) is 49.9. The molecule has 0 fully saturated rings. The van der Waals surface area contributed by atoms with Gasteiger partial charge in [0.2, 0.25) is 17.6 Å². The van der Waals surface area contributed by atoms with Crippen LogP contribution >= 0.6 is 0 Å². The van der Waals surface area contributed by atoms with E-state index < -0.39 is 0 Å². The monoisotopic (exact) mass is 847 g/mol. The van der Waals surface area contributed by atoms with Gasteiger partial charge in [0.25, 0.3) is 0 Å². The summed E-state index contributed by atoms with van der Waals surface area (Å²) in [6, 6.07) is 14.3. The second-order valence-corrected chi connectivity index (χ2v) is 17.4. The van der Waals surface area contributed by atoms with E-state index in [4.69, 9.17) is 4.99 Å². The number of hydrogen-bond acceptors (Lipinski definition) is 6. The van der Waals surface area contributed by atoms with Gasteiger partial charge in [-0.15, -0.1) is 0 Å². The molecule has 62 heavy (non-hydrogen) atoms. The van der Waals surface area contributed by atoms with Crippen LogP contribution in [0.25, 0.3) is 5.57 Å². The van der Waals surface area contributed by atoms with Crippen molar-refractivity contribution in [3.8, 4) is 0 Å². The molecule has 2 aromatic carbocycles. The second-order valence-electron chi connectivity index (χ2n) is 17.4. The van der Waals surface area contributed by atoms with E-state index in [0.29, 0.717) is 35.4 Å². The lowest BCUT2D eigenvalue weighted by atomic mass is 9.78. The van der Waals surface area contributed by atoms with E-state index in [2.05, 4.69) is 80.9 Å². The highest BCUT2D eigenvalue weighted by atomic mass is 16.3. The quantitative estimate of drug-likeness (QED) is 0.0686. The molecule has 0 saturated carbocycles. The van der Waals surface area contributed by atoms with Crippen LogP contribution in [0.4, 0.5) is 17.1 Å². The van der Waals surface area contributed by atoms with Crippen molar-refractivity contribution in [3.05, 3.63) is 94.4 Å². The molecule has 0 heterocycles. The van der Waals surface area contributed by atoms with E-state index in [0.717, 1.165) is 133 Å². The standard InChI is InChI=1S/C54H78N4O4/c1-9-16-21-34-57(35-22-17-10-2)43-30-32-45(47(37-43)55-53(61)40(14-6)24-19-12-4)49-51(59)50(52(49)60)46-33-31-44(38-48(46)56-54(62)41(15-7)25-20-13-5)58(36-23-18-11-3)42-28-26-39(8)27-29-42/h26-33,37-38,40-41,59H,9-25,34-36H2,1-8H3,(H,56,62)/b49-45+,55-47?. The van der Waals surface area contributed by atoms with Crippen LogP contribution in [0.1, 0.15) is 169 Å². The number of aliphatic imine (C=N–C) groups is 1. The fourth-order valence-electron chi connectivity index (χ4n) is 8.44. The molecule has 2 unspecified atom stereocenters. The molecule has 338 valence electrons. The predicted octanol–water partition coefficient (Wildman–Crippen LogP) is 13.9. The molecule has 2 amide bonds. The summed E-state index contributed by atoms with van der Waals surface area (Å²) in [5, 5.41) is 15.3. The van der Waals surface area contributed by atoms with Gasteiger partial charge in [-0.05, 0) is 100 Å². The fourth-order valence-corrected chi connectivity index (χ4v) is 8.44. The van der Waals surface area contributed by atoms with Crippen molar-refractivity contribution < 1.29 is 19.5 Å². The lowest BCUT2D eigenvalue weighted by molar-refractivity contribution is -0.122. The molecule has 2 aliphatic carbocycles. The summed E-state index contributed by atoms with van der Waals surface area (Å²) in [5.74, 6) is -1.15. The van der Waals surface area contributed by atoms with Gasteiger partial charge in [0.05, 0.1) is 22.5 Å². The number of allylic oxidation sites excluding steroid dienone is 6. The van der Waals surface area contributed by atoms with Gasteiger partial charge in [0, 0.05) is 59.7 Å². The van der Waals surface area contributed by atoms with Crippen molar-refractivity contribution >= 4 is 45.9 Å². The van der Waals surface area contributed by atoms with Gasteiger partial charge in [0.15, 0.2) is 0 Å². The number of aryl methyl sites for hydroxylation is 1. The fraction of sp³-hybridized carbons (Fsp3) is 0.556. The highest BCUT2D eigenvalue weighted by Gasteiger charge is 2.40. The number of unbranched alkanes of at least 4 members (excludes halogenated alkanes) is 8. The average molecular weight is 847 g/mol. The van der Waals surface area contributed by atoms with Crippen LogP contribution in [-0.2, 0) is 14.4 Å². The Balaban J connectivity index is 1.87. The SMILES string of the molecule is CCCCCN(CCCCC)C1=CC(=NC(=O)C(CC)CCCC)/C(=C2/C(=O)C(c3ccc(N(CCCCC)c4ccc(C)cc4)cc3NC(=O)C(CC)CCCC)=C2O)C=C1. The van der Waals surface area contributed by atoms with Crippen LogP contribution in [-0.4, -0.2) is 52.9 Å². The molecule has 2 aromatic rings. The largest absolute Gasteiger partial charge is 0.506 e. The minimum absolute atomic E-state index is 0.0885. The summed E-state index contributed by atoms with van der Waals surface area (Å²) < 4.78 is 0. The zero-order valence-electron chi connectivity index (χ0n) is 39.6. The Morgan fingerprint density at radius 1 is 0.677 bits per heavy atom. The highest BCUT2D eigenvalue weighted by molar-refractivity contribution is 6.42. The molecule has 0 saturated heterocycles. The third-order valence-corrected chi connectivity index (χ3v) is 12.5. The molecule has 0 spiro atoms. The number of aliphatic hydroxyl groups excluding tert-OH is 1. The summed E-state index contributed by atoms with van der Waals surface area (Å²) >= 11 is 0. The van der Waals surface area contributed by atoms with E-state index in [1.807, 2.05) is 50.3 Å². The summed E-state index contributed by atoms with van der Waals surface area (Å²) in [4.78, 5) is 51.9. The van der Waals surface area contributed by atoms with Gasteiger partial charge >= 0.3 is 0 Å². The van der Waals surface area contributed by atoms with Crippen molar-refractivity contribution in [1.29, 1.82) is 0 Å². The number of rotatable bonds is 27. The Bertz CT molecular complexity index is 1940. The molecule has 2 atom stereocenters. The molecular formula is C54H78N4O4. The number of ketones is 1. The zero-order chi connectivity index (χ0) is 45.0. The molecule has 0 aliphatic heterocycles. The van der Waals surface area contributed by atoms with Crippen molar-refractivity contribution in [2.45, 2.75) is 165 Å². The van der Waals surface area contributed by atoms with Crippen LogP contribution in [0.5, 0.6) is 0 Å². The maximum Gasteiger partial charge on any atom is 0.249 e. The van der Waals surface area contributed by atoms with Gasteiger partial charge in [0.1, 0.15) is 5.76 Å². The van der Waals surface area contributed by atoms with Gasteiger partial charge in [-0.25, -0.2) is 4.99 Å². The first-order chi connectivity index (χ1) is 30.1. The number of carbonyl (C=O) groups excluding carboxylic acids is 3. The van der Waals surface area contributed by atoms with Crippen LogP contribution in [0.3, 0.4) is 0 Å². The van der Waals surface area contributed by atoms with Gasteiger partial charge in [-0.3, -0.25) is 14.4 Å². The third-order valence-electron chi connectivity index (χ3n) is 12.5. The smallest absolute Gasteiger partial charge is 0.249 e. The number of carbonyl (C=O) groups is 3. The van der Waals surface area contributed by atoms with Crippen molar-refractivity contribution in [2.24, 2.45) is 16.8 Å². The van der Waals surface area contributed by atoms with E-state index >= 15 is 0 Å². The number of aliphatic hydroxyl groups is 1. The topological polar surface area (TPSA) is 102 Å². The molecule has 2 N–H and O–H groups in total. The Kier molecular flexibility index (Phi) is 21.0. The van der Waals surface area contributed by atoms with Crippen LogP contribution in [0, 0.1) is 18.8 Å². The number of nitrogens with zero attached hydrogens (tertiary/aromatic N) is 3. The van der Waals surface area contributed by atoms with Gasteiger partial charge in [-0.2, -0.15) is 0 Å². The maximum absolute atomic E-state index is 14.6. The molecule has 0 bridgehead atoms. The van der Waals surface area contributed by atoms with E-state index in [-0.39, 0.29) is 46.3 Å².